The third kappa shape index (κ3) is 1.22. The average molecular weight is 177 g/mol. The fourth-order valence-corrected chi connectivity index (χ4v) is 1.27. The van der Waals surface area contributed by atoms with Gasteiger partial charge < -0.3 is 5.32 Å². The lowest BCUT2D eigenvalue weighted by atomic mass is 10.4. The van der Waals surface area contributed by atoms with Crippen LogP contribution in [0.3, 0.4) is 0 Å². The van der Waals surface area contributed by atoms with Crippen molar-refractivity contribution in [2.75, 3.05) is 12.4 Å². The summed E-state index contributed by atoms with van der Waals surface area (Å²) in [7, 11) is 1.79. The first kappa shape index (κ1) is 7.97. The summed E-state index contributed by atoms with van der Waals surface area (Å²) < 4.78 is 1.72. The number of hydrogen-bond acceptors (Lipinski definition) is 4. The maximum Gasteiger partial charge on any atom is 0.254 e. The first-order valence-electron chi connectivity index (χ1n) is 4.09. The molecular formula is C8H11N5. The lowest BCUT2D eigenvalue weighted by molar-refractivity contribution is 0.887. The first-order valence-corrected chi connectivity index (χ1v) is 4.09. The zero-order valence-electron chi connectivity index (χ0n) is 7.87. The largest absolute Gasteiger partial charge is 0.356 e. The Morgan fingerprint density at radius 3 is 2.77 bits per heavy atom. The molecular weight excluding hydrogens is 166 g/mol. The van der Waals surface area contributed by atoms with Crippen LogP contribution in [0.15, 0.2) is 6.07 Å². The highest BCUT2D eigenvalue weighted by Gasteiger charge is 2.04. The van der Waals surface area contributed by atoms with E-state index in [1.165, 1.54) is 0 Å². The molecule has 0 saturated carbocycles. The maximum absolute atomic E-state index is 4.25. The number of hydrogen-bond donors (Lipinski definition) is 1. The molecule has 2 rings (SSSR count). The molecule has 0 unspecified atom stereocenters. The van der Waals surface area contributed by atoms with E-state index in [1.807, 2.05) is 19.9 Å². The van der Waals surface area contributed by atoms with Crippen LogP contribution >= 0.6 is 0 Å². The lowest BCUT2D eigenvalue weighted by Crippen LogP contribution is -1.97. The number of fused-ring (bicyclic) bond motifs is 1. The highest BCUT2D eigenvalue weighted by molar-refractivity contribution is 5.38. The predicted molar refractivity (Wildman–Crippen MR) is 49.8 cm³/mol. The minimum atomic E-state index is 0.598. The molecule has 5 nitrogen and oxygen atoms in total. The molecule has 0 atom stereocenters. The van der Waals surface area contributed by atoms with Gasteiger partial charge in [0.2, 0.25) is 5.95 Å². The van der Waals surface area contributed by atoms with E-state index in [0.29, 0.717) is 11.7 Å². The third-order valence-electron chi connectivity index (χ3n) is 1.84. The zero-order valence-corrected chi connectivity index (χ0v) is 7.87. The van der Waals surface area contributed by atoms with Crippen LogP contribution < -0.4 is 5.32 Å². The zero-order chi connectivity index (χ0) is 9.42. The van der Waals surface area contributed by atoms with Crippen LogP contribution in [-0.4, -0.2) is 26.6 Å². The van der Waals surface area contributed by atoms with Crippen molar-refractivity contribution in [3.8, 4) is 0 Å². The number of rotatable bonds is 1. The van der Waals surface area contributed by atoms with Gasteiger partial charge in [0, 0.05) is 18.4 Å². The SMILES string of the molecule is CNc1nc2nc(C)cc(C)n2n1. The van der Waals surface area contributed by atoms with Gasteiger partial charge >= 0.3 is 0 Å². The molecule has 0 saturated heterocycles. The van der Waals surface area contributed by atoms with Crippen molar-refractivity contribution >= 4 is 11.7 Å². The Morgan fingerprint density at radius 1 is 1.31 bits per heavy atom. The van der Waals surface area contributed by atoms with Gasteiger partial charge in [0.1, 0.15) is 0 Å². The molecule has 2 aromatic heterocycles. The second-order valence-electron chi connectivity index (χ2n) is 2.94. The van der Waals surface area contributed by atoms with E-state index < -0.39 is 0 Å². The predicted octanol–water partition coefficient (Wildman–Crippen LogP) is 0.783. The second-order valence-corrected chi connectivity index (χ2v) is 2.94. The van der Waals surface area contributed by atoms with Crippen LogP contribution in [0.4, 0.5) is 5.95 Å². The molecule has 0 bridgehead atoms. The van der Waals surface area contributed by atoms with E-state index in [0.717, 1.165) is 11.4 Å². The van der Waals surface area contributed by atoms with Gasteiger partial charge in [-0.05, 0) is 19.9 Å². The molecule has 0 amide bonds. The molecule has 0 fully saturated rings. The summed E-state index contributed by atoms with van der Waals surface area (Å²) in [4.78, 5) is 8.44. The van der Waals surface area contributed by atoms with Gasteiger partial charge in [-0.1, -0.05) is 0 Å². The van der Waals surface area contributed by atoms with Crippen molar-refractivity contribution in [2.45, 2.75) is 13.8 Å². The van der Waals surface area contributed by atoms with Crippen molar-refractivity contribution in [1.82, 2.24) is 19.6 Å². The van der Waals surface area contributed by atoms with E-state index in [9.17, 15) is 0 Å². The van der Waals surface area contributed by atoms with Crippen LogP contribution in [-0.2, 0) is 0 Å². The van der Waals surface area contributed by atoms with Gasteiger partial charge in [0.25, 0.3) is 5.78 Å². The topological polar surface area (TPSA) is 55.1 Å². The third-order valence-corrected chi connectivity index (χ3v) is 1.84. The summed E-state index contributed by atoms with van der Waals surface area (Å²) in [6, 6.07) is 1.97. The van der Waals surface area contributed by atoms with Crippen LogP contribution in [0.25, 0.3) is 5.78 Å². The van der Waals surface area contributed by atoms with Gasteiger partial charge in [-0.3, -0.25) is 0 Å². The Morgan fingerprint density at radius 2 is 2.08 bits per heavy atom. The van der Waals surface area contributed by atoms with Crippen LogP contribution in [0.5, 0.6) is 0 Å². The summed E-state index contributed by atoms with van der Waals surface area (Å²) in [5.41, 5.74) is 2.00. The normalized spacial score (nSPS) is 10.7. The Balaban J connectivity index is 2.75. The number of nitrogens with one attached hydrogen (secondary N) is 1. The Kier molecular flexibility index (Phi) is 1.65. The van der Waals surface area contributed by atoms with E-state index in [2.05, 4.69) is 20.4 Å². The van der Waals surface area contributed by atoms with Gasteiger partial charge in [-0.2, -0.15) is 9.50 Å². The van der Waals surface area contributed by atoms with Crippen LogP contribution in [0, 0.1) is 13.8 Å². The maximum atomic E-state index is 4.25. The van der Waals surface area contributed by atoms with Gasteiger partial charge in [-0.25, -0.2) is 4.98 Å². The van der Waals surface area contributed by atoms with Crippen molar-refractivity contribution < 1.29 is 0 Å². The van der Waals surface area contributed by atoms with Crippen molar-refractivity contribution in [3.63, 3.8) is 0 Å². The highest BCUT2D eigenvalue weighted by atomic mass is 15.4. The fraction of sp³-hybridized carbons (Fsp3) is 0.375. The molecule has 0 aliphatic rings. The fourth-order valence-electron chi connectivity index (χ4n) is 1.27. The van der Waals surface area contributed by atoms with E-state index in [1.54, 1.807) is 11.6 Å². The standard InChI is InChI=1S/C8H11N5/c1-5-4-6(2)13-8(10-5)11-7(9-3)12-13/h4H,1-3H3,(H,9,12). The molecule has 0 aliphatic carbocycles. The summed E-state index contributed by atoms with van der Waals surface area (Å²) in [5.74, 6) is 1.24. The van der Waals surface area contributed by atoms with Crippen molar-refractivity contribution in [2.24, 2.45) is 0 Å². The smallest absolute Gasteiger partial charge is 0.254 e. The molecule has 5 heteroatoms. The molecule has 1 N–H and O–H groups in total. The summed E-state index contributed by atoms with van der Waals surface area (Å²) in [6.45, 7) is 3.93. The van der Waals surface area contributed by atoms with E-state index in [4.69, 9.17) is 0 Å². The first-order chi connectivity index (χ1) is 6.20. The lowest BCUT2D eigenvalue weighted by Gasteiger charge is -1.97. The number of anilines is 1. The molecule has 2 heterocycles. The molecule has 0 aliphatic heterocycles. The molecule has 0 spiro atoms. The van der Waals surface area contributed by atoms with Crippen LogP contribution in [0.2, 0.25) is 0 Å². The van der Waals surface area contributed by atoms with E-state index >= 15 is 0 Å². The average Bonchev–Trinajstić information content (AvgIpc) is 2.47. The monoisotopic (exact) mass is 177 g/mol. The molecule has 13 heavy (non-hydrogen) atoms. The van der Waals surface area contributed by atoms with Crippen molar-refractivity contribution in [3.05, 3.63) is 17.5 Å². The van der Waals surface area contributed by atoms with Gasteiger partial charge in [-0.15, -0.1) is 5.10 Å². The Hall–Kier alpha value is -1.65. The van der Waals surface area contributed by atoms with Gasteiger partial charge in [0.05, 0.1) is 0 Å². The number of aromatic nitrogens is 4. The van der Waals surface area contributed by atoms with E-state index in [-0.39, 0.29) is 0 Å². The number of nitrogens with zero attached hydrogens (tertiary/aromatic N) is 4. The molecule has 0 radical (unpaired) electrons. The summed E-state index contributed by atoms with van der Waals surface area (Å²) in [6.07, 6.45) is 0. The van der Waals surface area contributed by atoms with Crippen LogP contribution in [0.1, 0.15) is 11.4 Å². The minimum Gasteiger partial charge on any atom is -0.356 e. The van der Waals surface area contributed by atoms with Crippen molar-refractivity contribution in [1.29, 1.82) is 0 Å². The quantitative estimate of drug-likeness (QED) is 0.699. The van der Waals surface area contributed by atoms with Gasteiger partial charge in [0.15, 0.2) is 0 Å². The Labute approximate surface area is 75.8 Å². The molecule has 2 aromatic rings. The minimum absolute atomic E-state index is 0.598. The summed E-state index contributed by atoms with van der Waals surface area (Å²) >= 11 is 0. The number of aryl methyl sites for hydroxylation is 2. The Bertz CT molecular complexity index is 445. The molecule has 68 valence electrons. The highest BCUT2D eigenvalue weighted by Crippen LogP contribution is 2.06. The molecule has 0 aromatic carbocycles. The summed E-state index contributed by atoms with van der Waals surface area (Å²) in [5, 5.41) is 7.08. The second kappa shape index (κ2) is 2.69.